The third kappa shape index (κ3) is 4.44. The van der Waals surface area contributed by atoms with Gasteiger partial charge in [0.1, 0.15) is 5.02 Å². The summed E-state index contributed by atoms with van der Waals surface area (Å²) in [6, 6.07) is 0. The zero-order valence-corrected chi connectivity index (χ0v) is 10.5. The van der Waals surface area contributed by atoms with Gasteiger partial charge in [-0.15, -0.1) is 0 Å². The lowest BCUT2D eigenvalue weighted by Gasteiger charge is -2.08. The molecule has 0 unspecified atom stereocenters. The van der Waals surface area contributed by atoms with E-state index in [0.29, 0.717) is 23.3 Å². The first kappa shape index (κ1) is 13.5. The van der Waals surface area contributed by atoms with Crippen LogP contribution in [-0.2, 0) is 9.53 Å². The number of rotatable bonds is 6. The van der Waals surface area contributed by atoms with E-state index in [4.69, 9.17) is 11.6 Å². The van der Waals surface area contributed by atoms with Crippen LogP contribution in [0.4, 0.5) is 11.8 Å². The lowest BCUT2D eigenvalue weighted by Crippen LogP contribution is -2.12. The zero-order valence-electron chi connectivity index (χ0n) is 9.79. The van der Waals surface area contributed by atoms with Crippen LogP contribution < -0.4 is 10.6 Å². The van der Waals surface area contributed by atoms with Crippen LogP contribution in [0.3, 0.4) is 0 Å². The van der Waals surface area contributed by atoms with E-state index < -0.39 is 0 Å². The summed E-state index contributed by atoms with van der Waals surface area (Å²) in [6.07, 6.45) is 1.76. The van der Waals surface area contributed by atoms with E-state index in [0.717, 1.165) is 6.54 Å². The Morgan fingerprint density at radius 2 is 2.29 bits per heavy atom. The van der Waals surface area contributed by atoms with Gasteiger partial charge in [-0.05, 0) is 6.92 Å². The van der Waals surface area contributed by atoms with Crippen LogP contribution in [0.2, 0.25) is 5.02 Å². The normalized spacial score (nSPS) is 9.82. The summed E-state index contributed by atoms with van der Waals surface area (Å²) in [5.74, 6) is 0.716. The van der Waals surface area contributed by atoms with Crippen molar-refractivity contribution in [1.82, 2.24) is 9.97 Å². The topological polar surface area (TPSA) is 76.1 Å². The molecule has 0 atom stereocenters. The highest BCUT2D eigenvalue weighted by molar-refractivity contribution is 6.32. The Kier molecular flexibility index (Phi) is 5.48. The van der Waals surface area contributed by atoms with Crippen LogP contribution in [-0.4, -0.2) is 36.1 Å². The van der Waals surface area contributed by atoms with Crippen LogP contribution in [0.25, 0.3) is 0 Å². The maximum absolute atomic E-state index is 10.9. The van der Waals surface area contributed by atoms with Crippen molar-refractivity contribution >= 4 is 29.3 Å². The van der Waals surface area contributed by atoms with E-state index in [2.05, 4.69) is 25.3 Å². The molecule has 0 spiro atoms. The maximum Gasteiger partial charge on any atom is 0.307 e. The van der Waals surface area contributed by atoms with E-state index in [1.165, 1.54) is 13.3 Å². The Hall–Kier alpha value is -1.56. The van der Waals surface area contributed by atoms with Gasteiger partial charge in [-0.25, -0.2) is 4.98 Å². The van der Waals surface area contributed by atoms with Gasteiger partial charge < -0.3 is 15.4 Å². The molecule has 1 heterocycles. The summed E-state index contributed by atoms with van der Waals surface area (Å²) in [6.45, 7) is 3.08. The standard InChI is InChI=1S/C10H15ClN4O2/c1-3-12-10-14-6-7(11)9(15-10)13-5-4-8(16)17-2/h6H,3-5H2,1-2H3,(H2,12,13,14,15). The Labute approximate surface area is 105 Å². The van der Waals surface area contributed by atoms with Crippen molar-refractivity contribution in [2.45, 2.75) is 13.3 Å². The van der Waals surface area contributed by atoms with Gasteiger partial charge in [-0.1, -0.05) is 11.6 Å². The molecule has 7 heteroatoms. The van der Waals surface area contributed by atoms with Gasteiger partial charge in [0.2, 0.25) is 5.95 Å². The van der Waals surface area contributed by atoms with E-state index in [1.54, 1.807) is 0 Å². The Morgan fingerprint density at radius 3 is 2.94 bits per heavy atom. The fourth-order valence-corrected chi connectivity index (χ4v) is 1.28. The molecule has 94 valence electrons. The molecule has 0 aliphatic carbocycles. The molecule has 1 aromatic rings. The molecule has 0 aliphatic heterocycles. The first-order valence-corrected chi connectivity index (χ1v) is 5.62. The van der Waals surface area contributed by atoms with Crippen LogP contribution in [0.5, 0.6) is 0 Å². The van der Waals surface area contributed by atoms with Gasteiger partial charge in [0.25, 0.3) is 0 Å². The van der Waals surface area contributed by atoms with Gasteiger partial charge in [-0.2, -0.15) is 4.98 Å². The maximum atomic E-state index is 10.9. The molecule has 0 saturated heterocycles. The number of methoxy groups -OCH3 is 1. The fraction of sp³-hybridized carbons (Fsp3) is 0.500. The highest BCUT2D eigenvalue weighted by Crippen LogP contribution is 2.19. The first-order chi connectivity index (χ1) is 8.17. The van der Waals surface area contributed by atoms with Crippen molar-refractivity contribution in [3.8, 4) is 0 Å². The number of ether oxygens (including phenoxy) is 1. The Balaban J connectivity index is 2.56. The molecule has 0 saturated carbocycles. The molecular formula is C10H15ClN4O2. The summed E-state index contributed by atoms with van der Waals surface area (Å²) in [5, 5.41) is 6.34. The fourth-order valence-electron chi connectivity index (χ4n) is 1.12. The number of nitrogens with zero attached hydrogens (tertiary/aromatic N) is 2. The van der Waals surface area contributed by atoms with E-state index in [-0.39, 0.29) is 12.4 Å². The largest absolute Gasteiger partial charge is 0.469 e. The predicted molar refractivity (Wildman–Crippen MR) is 66.3 cm³/mol. The average molecular weight is 259 g/mol. The zero-order chi connectivity index (χ0) is 12.7. The number of anilines is 2. The molecule has 1 aromatic heterocycles. The summed E-state index contributed by atoms with van der Waals surface area (Å²) >= 11 is 5.91. The highest BCUT2D eigenvalue weighted by Gasteiger charge is 2.05. The highest BCUT2D eigenvalue weighted by atomic mass is 35.5. The summed E-state index contributed by atoms with van der Waals surface area (Å²) < 4.78 is 4.52. The molecule has 0 aliphatic rings. The van der Waals surface area contributed by atoms with Crippen molar-refractivity contribution in [3.05, 3.63) is 11.2 Å². The van der Waals surface area contributed by atoms with E-state index in [9.17, 15) is 4.79 Å². The second-order valence-electron chi connectivity index (χ2n) is 3.17. The van der Waals surface area contributed by atoms with Crippen molar-refractivity contribution < 1.29 is 9.53 Å². The third-order valence-electron chi connectivity index (χ3n) is 1.93. The van der Waals surface area contributed by atoms with Crippen LogP contribution in [0, 0.1) is 0 Å². The van der Waals surface area contributed by atoms with Gasteiger partial charge in [0.15, 0.2) is 5.82 Å². The molecule has 0 amide bonds. The quantitative estimate of drug-likeness (QED) is 0.754. The molecule has 6 nitrogen and oxygen atoms in total. The Bertz CT molecular complexity index is 387. The second-order valence-corrected chi connectivity index (χ2v) is 3.58. The first-order valence-electron chi connectivity index (χ1n) is 5.24. The monoisotopic (exact) mass is 258 g/mol. The number of carbonyl (C=O) groups is 1. The van der Waals surface area contributed by atoms with Crippen LogP contribution >= 0.6 is 11.6 Å². The minimum Gasteiger partial charge on any atom is -0.469 e. The van der Waals surface area contributed by atoms with Crippen molar-refractivity contribution in [3.63, 3.8) is 0 Å². The van der Waals surface area contributed by atoms with Gasteiger partial charge in [-0.3, -0.25) is 4.79 Å². The minimum absolute atomic E-state index is 0.257. The van der Waals surface area contributed by atoms with Crippen molar-refractivity contribution in [2.75, 3.05) is 30.8 Å². The minimum atomic E-state index is -0.283. The molecule has 0 radical (unpaired) electrons. The van der Waals surface area contributed by atoms with E-state index in [1.807, 2.05) is 6.92 Å². The smallest absolute Gasteiger partial charge is 0.307 e. The molecule has 0 bridgehead atoms. The number of hydrogen-bond donors (Lipinski definition) is 2. The Morgan fingerprint density at radius 1 is 1.53 bits per heavy atom. The second kappa shape index (κ2) is 6.90. The summed E-state index contributed by atoms with van der Waals surface area (Å²) in [5.41, 5.74) is 0. The van der Waals surface area contributed by atoms with Crippen LogP contribution in [0.15, 0.2) is 6.20 Å². The van der Waals surface area contributed by atoms with Gasteiger partial charge >= 0.3 is 5.97 Å². The lowest BCUT2D eigenvalue weighted by molar-refractivity contribution is -0.140. The molecule has 17 heavy (non-hydrogen) atoms. The number of halogens is 1. The summed E-state index contributed by atoms with van der Waals surface area (Å²) in [4.78, 5) is 19.1. The van der Waals surface area contributed by atoms with Gasteiger partial charge in [0, 0.05) is 13.1 Å². The molecule has 0 aromatic carbocycles. The number of carbonyl (C=O) groups excluding carboxylic acids is 1. The molecule has 1 rings (SSSR count). The predicted octanol–water partition coefficient (Wildman–Crippen LogP) is 1.54. The molecule has 2 N–H and O–H groups in total. The van der Waals surface area contributed by atoms with Gasteiger partial charge in [0.05, 0.1) is 19.7 Å². The number of esters is 1. The third-order valence-corrected chi connectivity index (χ3v) is 2.20. The van der Waals surface area contributed by atoms with Crippen molar-refractivity contribution in [2.24, 2.45) is 0 Å². The average Bonchev–Trinajstić information content (AvgIpc) is 2.33. The number of nitrogens with one attached hydrogen (secondary N) is 2. The lowest BCUT2D eigenvalue weighted by atomic mass is 10.4. The summed E-state index contributed by atoms with van der Waals surface area (Å²) in [7, 11) is 1.35. The van der Waals surface area contributed by atoms with E-state index >= 15 is 0 Å². The van der Waals surface area contributed by atoms with Crippen LogP contribution in [0.1, 0.15) is 13.3 Å². The molecule has 0 fully saturated rings. The number of hydrogen-bond acceptors (Lipinski definition) is 6. The number of aromatic nitrogens is 2. The van der Waals surface area contributed by atoms with Crippen molar-refractivity contribution in [1.29, 1.82) is 0 Å². The molecular weight excluding hydrogens is 244 g/mol. The SMILES string of the molecule is CCNc1ncc(Cl)c(NCCC(=O)OC)n1.